The van der Waals surface area contributed by atoms with Crippen LogP contribution in [0.4, 0.5) is 4.79 Å². The number of nitrogens with zero attached hydrogens (tertiary/aromatic N) is 1. The van der Waals surface area contributed by atoms with Crippen molar-refractivity contribution in [1.82, 2.24) is 10.2 Å². The van der Waals surface area contributed by atoms with Gasteiger partial charge in [-0.2, -0.15) is 8.42 Å². The zero-order valence-corrected chi connectivity index (χ0v) is 15.9. The minimum atomic E-state index is -3.71. The lowest BCUT2D eigenvalue weighted by atomic mass is 10.2. The van der Waals surface area contributed by atoms with Gasteiger partial charge in [-0.25, -0.2) is 4.79 Å². The number of benzene rings is 1. The largest absolute Gasteiger partial charge is 0.445 e. The SMILES string of the molecule is CS(=O)(=O)OC[C@@H](CC(=O)N1CCOCC1)NC(=O)OCc1ccccc1. The molecule has 1 heterocycles. The molecular formula is C17H24N2O7S. The summed E-state index contributed by atoms with van der Waals surface area (Å²) in [6.45, 7) is 1.51. The molecule has 0 spiro atoms. The molecule has 150 valence electrons. The van der Waals surface area contributed by atoms with Crippen LogP contribution >= 0.6 is 0 Å². The third kappa shape index (κ3) is 8.37. The van der Waals surface area contributed by atoms with Crippen molar-refractivity contribution in [3.05, 3.63) is 35.9 Å². The molecule has 1 aliphatic heterocycles. The molecule has 1 aromatic carbocycles. The second kappa shape index (κ2) is 10.2. The highest BCUT2D eigenvalue weighted by Gasteiger charge is 2.24. The van der Waals surface area contributed by atoms with Gasteiger partial charge in [-0.05, 0) is 5.56 Å². The van der Waals surface area contributed by atoms with Crippen LogP contribution in [0.3, 0.4) is 0 Å². The van der Waals surface area contributed by atoms with E-state index in [1.165, 1.54) is 0 Å². The number of carbonyl (C=O) groups excluding carboxylic acids is 2. The van der Waals surface area contributed by atoms with Crippen molar-refractivity contribution in [3.8, 4) is 0 Å². The lowest BCUT2D eigenvalue weighted by molar-refractivity contribution is -0.135. The number of alkyl carbamates (subject to hydrolysis) is 1. The third-order valence-electron chi connectivity index (χ3n) is 3.80. The standard InChI is InChI=1S/C17H24N2O7S/c1-27(22,23)26-13-15(11-16(20)19-7-9-24-10-8-19)18-17(21)25-12-14-5-3-2-4-6-14/h2-6,15H,7-13H2,1H3,(H,18,21)/t15-/m1/s1. The molecule has 1 aromatic rings. The van der Waals surface area contributed by atoms with Crippen molar-refractivity contribution in [2.45, 2.75) is 19.1 Å². The maximum absolute atomic E-state index is 12.4. The Kier molecular flexibility index (Phi) is 8.01. The predicted octanol–water partition coefficient (Wildman–Crippen LogP) is 0.507. The first-order chi connectivity index (χ1) is 12.8. The van der Waals surface area contributed by atoms with Crippen LogP contribution in [0.15, 0.2) is 30.3 Å². The van der Waals surface area contributed by atoms with E-state index < -0.39 is 22.3 Å². The number of hydrogen-bond donors (Lipinski definition) is 1. The second-order valence-corrected chi connectivity index (χ2v) is 7.73. The number of hydrogen-bond acceptors (Lipinski definition) is 7. The van der Waals surface area contributed by atoms with Crippen molar-refractivity contribution >= 4 is 22.1 Å². The van der Waals surface area contributed by atoms with Crippen LogP contribution in [0.5, 0.6) is 0 Å². The summed E-state index contributed by atoms with van der Waals surface area (Å²) in [5.41, 5.74) is 0.806. The van der Waals surface area contributed by atoms with Gasteiger partial charge < -0.3 is 19.7 Å². The Labute approximate surface area is 158 Å². The van der Waals surface area contributed by atoms with E-state index in [2.05, 4.69) is 5.32 Å². The van der Waals surface area contributed by atoms with Gasteiger partial charge in [0.2, 0.25) is 5.91 Å². The summed E-state index contributed by atoms with van der Waals surface area (Å²) in [6.07, 6.45) is 0.0492. The highest BCUT2D eigenvalue weighted by atomic mass is 32.2. The summed E-state index contributed by atoms with van der Waals surface area (Å²) in [4.78, 5) is 26.0. The Morgan fingerprint density at radius 3 is 2.52 bits per heavy atom. The van der Waals surface area contributed by atoms with E-state index in [1.807, 2.05) is 18.2 Å². The topological polar surface area (TPSA) is 111 Å². The summed E-state index contributed by atoms with van der Waals surface area (Å²) >= 11 is 0. The molecule has 2 rings (SSSR count). The average molecular weight is 400 g/mol. The molecule has 1 aliphatic rings. The Morgan fingerprint density at radius 1 is 1.22 bits per heavy atom. The van der Waals surface area contributed by atoms with Crippen LogP contribution in [0, 0.1) is 0 Å². The van der Waals surface area contributed by atoms with Gasteiger partial charge in [-0.1, -0.05) is 30.3 Å². The van der Waals surface area contributed by atoms with Gasteiger partial charge in [0.15, 0.2) is 0 Å². The highest BCUT2D eigenvalue weighted by molar-refractivity contribution is 7.85. The molecule has 0 radical (unpaired) electrons. The molecule has 1 fully saturated rings. The lowest BCUT2D eigenvalue weighted by Crippen LogP contribution is -2.46. The van der Waals surface area contributed by atoms with Gasteiger partial charge in [0.25, 0.3) is 10.1 Å². The monoisotopic (exact) mass is 400 g/mol. The van der Waals surface area contributed by atoms with E-state index in [-0.39, 0.29) is 25.5 Å². The van der Waals surface area contributed by atoms with E-state index in [0.717, 1.165) is 11.8 Å². The van der Waals surface area contributed by atoms with Gasteiger partial charge in [0.1, 0.15) is 6.61 Å². The Morgan fingerprint density at radius 2 is 1.89 bits per heavy atom. The number of morpholine rings is 1. The number of nitrogens with one attached hydrogen (secondary N) is 1. The first-order valence-electron chi connectivity index (χ1n) is 8.50. The normalized spacial score (nSPS) is 15.8. The molecule has 1 atom stereocenters. The molecule has 1 saturated heterocycles. The minimum Gasteiger partial charge on any atom is -0.445 e. The van der Waals surface area contributed by atoms with Crippen molar-refractivity contribution in [2.75, 3.05) is 39.2 Å². The Hall–Kier alpha value is -2.17. The van der Waals surface area contributed by atoms with E-state index in [1.54, 1.807) is 17.0 Å². The first-order valence-corrected chi connectivity index (χ1v) is 10.3. The highest BCUT2D eigenvalue weighted by Crippen LogP contribution is 2.06. The number of ether oxygens (including phenoxy) is 2. The van der Waals surface area contributed by atoms with Gasteiger partial charge in [-0.3, -0.25) is 8.98 Å². The maximum Gasteiger partial charge on any atom is 0.407 e. The molecule has 0 aromatic heterocycles. The zero-order valence-electron chi connectivity index (χ0n) is 15.1. The van der Waals surface area contributed by atoms with Crippen LogP contribution in [0.2, 0.25) is 0 Å². The molecule has 27 heavy (non-hydrogen) atoms. The molecule has 0 aliphatic carbocycles. The molecule has 0 bridgehead atoms. The second-order valence-electron chi connectivity index (χ2n) is 6.09. The van der Waals surface area contributed by atoms with Crippen LogP contribution in [-0.2, 0) is 35.2 Å². The molecule has 1 N–H and O–H groups in total. The molecule has 0 unspecified atom stereocenters. The van der Waals surface area contributed by atoms with E-state index >= 15 is 0 Å². The van der Waals surface area contributed by atoms with Crippen molar-refractivity contribution < 1.29 is 31.7 Å². The molecule has 9 nitrogen and oxygen atoms in total. The van der Waals surface area contributed by atoms with Crippen molar-refractivity contribution in [2.24, 2.45) is 0 Å². The number of amides is 2. The van der Waals surface area contributed by atoms with E-state index in [0.29, 0.717) is 26.3 Å². The fraction of sp³-hybridized carbons (Fsp3) is 0.529. The summed E-state index contributed by atoms with van der Waals surface area (Å²) in [5, 5.41) is 2.50. The number of rotatable bonds is 8. The summed E-state index contributed by atoms with van der Waals surface area (Å²) in [7, 11) is -3.71. The number of carbonyl (C=O) groups is 2. The Bertz CT molecular complexity index is 718. The van der Waals surface area contributed by atoms with Crippen LogP contribution in [0.1, 0.15) is 12.0 Å². The summed E-state index contributed by atoms with van der Waals surface area (Å²) in [6, 6.07) is 8.26. The van der Waals surface area contributed by atoms with Crippen LogP contribution < -0.4 is 5.32 Å². The van der Waals surface area contributed by atoms with E-state index in [9.17, 15) is 18.0 Å². The van der Waals surface area contributed by atoms with Gasteiger partial charge in [-0.15, -0.1) is 0 Å². The lowest BCUT2D eigenvalue weighted by Gasteiger charge is -2.28. The first kappa shape index (κ1) is 21.1. The van der Waals surface area contributed by atoms with Gasteiger partial charge in [0.05, 0.1) is 32.1 Å². The summed E-state index contributed by atoms with van der Waals surface area (Å²) in [5.74, 6) is -0.219. The zero-order chi connectivity index (χ0) is 19.7. The van der Waals surface area contributed by atoms with E-state index in [4.69, 9.17) is 13.7 Å². The van der Waals surface area contributed by atoms with Gasteiger partial charge >= 0.3 is 6.09 Å². The van der Waals surface area contributed by atoms with Crippen molar-refractivity contribution in [3.63, 3.8) is 0 Å². The fourth-order valence-corrected chi connectivity index (χ4v) is 2.85. The predicted molar refractivity (Wildman–Crippen MR) is 96.4 cm³/mol. The maximum atomic E-state index is 12.4. The molecule has 0 saturated carbocycles. The minimum absolute atomic E-state index is 0.0593. The quantitative estimate of drug-likeness (QED) is 0.633. The smallest absolute Gasteiger partial charge is 0.407 e. The van der Waals surface area contributed by atoms with Crippen molar-refractivity contribution in [1.29, 1.82) is 0 Å². The summed E-state index contributed by atoms with van der Waals surface area (Å²) < 4.78 is 37.5. The fourth-order valence-electron chi connectivity index (χ4n) is 2.44. The third-order valence-corrected chi connectivity index (χ3v) is 4.37. The molecule has 10 heteroatoms. The molecular weight excluding hydrogens is 376 g/mol. The van der Waals surface area contributed by atoms with Crippen LogP contribution in [-0.4, -0.2) is 70.5 Å². The van der Waals surface area contributed by atoms with Gasteiger partial charge in [0, 0.05) is 19.5 Å². The molecule has 2 amide bonds. The average Bonchev–Trinajstić information content (AvgIpc) is 2.65. The van der Waals surface area contributed by atoms with Crippen LogP contribution in [0.25, 0.3) is 0 Å². The Balaban J connectivity index is 1.89.